The van der Waals surface area contributed by atoms with Gasteiger partial charge < -0.3 is 15.5 Å². The van der Waals surface area contributed by atoms with Crippen molar-refractivity contribution in [2.24, 2.45) is 5.41 Å². The van der Waals surface area contributed by atoms with Gasteiger partial charge in [0.1, 0.15) is 0 Å². The molecular formula is C15H23NO4S. The van der Waals surface area contributed by atoms with Gasteiger partial charge in [-0.2, -0.15) is 0 Å². The number of benzene rings is 1. The van der Waals surface area contributed by atoms with Crippen LogP contribution in [0.1, 0.15) is 30.9 Å². The number of rotatable bonds is 8. The molecule has 3 N–H and O–H groups in total. The fraction of sp³-hybridized carbons (Fsp3) is 0.600. The highest BCUT2D eigenvalue weighted by atomic mass is 32.2. The van der Waals surface area contributed by atoms with E-state index in [9.17, 15) is 13.5 Å². The SMILES string of the molecule is CS(=O)(=O)c1ccc(C(O)CNCC2(CCO)CC2)cc1. The number of hydrogen-bond acceptors (Lipinski definition) is 5. The molecule has 5 nitrogen and oxygen atoms in total. The molecule has 0 radical (unpaired) electrons. The first-order valence-electron chi connectivity index (χ1n) is 7.16. The molecule has 118 valence electrons. The maximum atomic E-state index is 11.4. The summed E-state index contributed by atoms with van der Waals surface area (Å²) in [5.41, 5.74) is 0.913. The zero-order valence-electron chi connectivity index (χ0n) is 12.2. The molecule has 0 bridgehead atoms. The monoisotopic (exact) mass is 313 g/mol. The third kappa shape index (κ3) is 4.51. The lowest BCUT2D eigenvalue weighted by molar-refractivity contribution is 0.169. The number of aliphatic hydroxyl groups is 2. The highest BCUT2D eigenvalue weighted by Gasteiger charge is 2.41. The number of sulfone groups is 1. The molecule has 0 aromatic heterocycles. The predicted molar refractivity (Wildman–Crippen MR) is 80.8 cm³/mol. The molecule has 0 amide bonds. The molecule has 0 spiro atoms. The van der Waals surface area contributed by atoms with Crippen molar-refractivity contribution in [2.45, 2.75) is 30.3 Å². The summed E-state index contributed by atoms with van der Waals surface area (Å²) in [6.07, 6.45) is 3.55. The molecule has 21 heavy (non-hydrogen) atoms. The van der Waals surface area contributed by atoms with Gasteiger partial charge in [0, 0.05) is 26.0 Å². The first kappa shape index (κ1) is 16.4. The Balaban J connectivity index is 1.85. The average Bonchev–Trinajstić information content (AvgIpc) is 3.18. The minimum atomic E-state index is -3.20. The van der Waals surface area contributed by atoms with E-state index >= 15 is 0 Å². The summed E-state index contributed by atoms with van der Waals surface area (Å²) in [7, 11) is -3.20. The van der Waals surface area contributed by atoms with Crippen LogP contribution in [0.4, 0.5) is 0 Å². The first-order chi connectivity index (χ1) is 9.86. The second kappa shape index (κ2) is 6.44. The van der Waals surface area contributed by atoms with Crippen LogP contribution in [0.2, 0.25) is 0 Å². The normalized spacial score (nSPS) is 18.4. The standard InChI is InChI=1S/C15H23NO4S/c1-21(19,20)13-4-2-12(3-5-13)14(18)10-16-11-15(6-7-15)8-9-17/h2-5,14,16-18H,6-11H2,1H3. The van der Waals surface area contributed by atoms with E-state index in [0.717, 1.165) is 32.1 Å². The minimum absolute atomic E-state index is 0.206. The Morgan fingerprint density at radius 3 is 2.38 bits per heavy atom. The van der Waals surface area contributed by atoms with Crippen molar-refractivity contribution in [2.75, 3.05) is 26.0 Å². The molecule has 1 saturated carbocycles. The minimum Gasteiger partial charge on any atom is -0.396 e. The number of aliphatic hydroxyl groups excluding tert-OH is 2. The Bertz CT molecular complexity index is 564. The molecule has 6 heteroatoms. The second-order valence-electron chi connectivity index (χ2n) is 5.96. The van der Waals surface area contributed by atoms with E-state index in [1.165, 1.54) is 12.1 Å². The van der Waals surface area contributed by atoms with Gasteiger partial charge >= 0.3 is 0 Å². The fourth-order valence-corrected chi connectivity index (χ4v) is 3.09. The Labute approximate surface area is 125 Å². The largest absolute Gasteiger partial charge is 0.396 e. The van der Waals surface area contributed by atoms with Crippen LogP contribution in [0.5, 0.6) is 0 Å². The third-order valence-corrected chi connectivity index (χ3v) is 5.26. The summed E-state index contributed by atoms with van der Waals surface area (Å²) >= 11 is 0. The molecule has 2 rings (SSSR count). The van der Waals surface area contributed by atoms with Gasteiger partial charge in [0.15, 0.2) is 9.84 Å². The zero-order chi connectivity index (χ0) is 15.5. The van der Waals surface area contributed by atoms with Crippen molar-refractivity contribution >= 4 is 9.84 Å². The van der Waals surface area contributed by atoms with E-state index in [-0.39, 0.29) is 16.9 Å². The van der Waals surface area contributed by atoms with Gasteiger partial charge in [-0.15, -0.1) is 0 Å². The van der Waals surface area contributed by atoms with E-state index < -0.39 is 15.9 Å². The summed E-state index contributed by atoms with van der Waals surface area (Å²) in [5.74, 6) is 0. The van der Waals surface area contributed by atoms with Crippen LogP contribution < -0.4 is 5.32 Å². The van der Waals surface area contributed by atoms with E-state index in [1.54, 1.807) is 12.1 Å². The molecule has 1 aromatic carbocycles. The average molecular weight is 313 g/mol. The smallest absolute Gasteiger partial charge is 0.175 e. The Morgan fingerprint density at radius 1 is 1.29 bits per heavy atom. The van der Waals surface area contributed by atoms with Crippen LogP contribution in [0.15, 0.2) is 29.2 Å². The molecule has 1 fully saturated rings. The van der Waals surface area contributed by atoms with E-state index in [1.807, 2.05) is 0 Å². The quantitative estimate of drug-likeness (QED) is 0.663. The highest BCUT2D eigenvalue weighted by molar-refractivity contribution is 7.90. The summed E-state index contributed by atoms with van der Waals surface area (Å²) < 4.78 is 22.7. The summed E-state index contributed by atoms with van der Waals surface area (Å²) in [6.45, 7) is 1.43. The van der Waals surface area contributed by atoms with Crippen molar-refractivity contribution in [1.82, 2.24) is 5.32 Å². The van der Waals surface area contributed by atoms with Crippen LogP contribution in [0.3, 0.4) is 0 Å². The van der Waals surface area contributed by atoms with Crippen LogP contribution in [0, 0.1) is 5.41 Å². The Kier molecular flexibility index (Phi) is 5.03. The Hall–Kier alpha value is -0.950. The fourth-order valence-electron chi connectivity index (χ4n) is 2.46. The second-order valence-corrected chi connectivity index (χ2v) is 7.98. The molecule has 0 heterocycles. The van der Waals surface area contributed by atoms with Crippen LogP contribution in [0.25, 0.3) is 0 Å². The van der Waals surface area contributed by atoms with Crippen molar-refractivity contribution < 1.29 is 18.6 Å². The molecule has 1 aliphatic carbocycles. The van der Waals surface area contributed by atoms with Gasteiger partial charge in [0.25, 0.3) is 0 Å². The molecule has 1 unspecified atom stereocenters. The van der Waals surface area contributed by atoms with Crippen molar-refractivity contribution in [1.29, 1.82) is 0 Å². The lowest BCUT2D eigenvalue weighted by Gasteiger charge is -2.17. The first-order valence-corrected chi connectivity index (χ1v) is 9.05. The van der Waals surface area contributed by atoms with Crippen molar-refractivity contribution in [3.63, 3.8) is 0 Å². The van der Waals surface area contributed by atoms with Gasteiger partial charge in [-0.3, -0.25) is 0 Å². The van der Waals surface area contributed by atoms with Crippen molar-refractivity contribution in [3.05, 3.63) is 29.8 Å². The summed E-state index contributed by atoms with van der Waals surface area (Å²) in [4.78, 5) is 0.256. The van der Waals surface area contributed by atoms with Gasteiger partial charge in [-0.25, -0.2) is 8.42 Å². The van der Waals surface area contributed by atoms with Crippen LogP contribution >= 0.6 is 0 Å². The number of nitrogens with one attached hydrogen (secondary N) is 1. The van der Waals surface area contributed by atoms with Crippen LogP contribution in [-0.2, 0) is 9.84 Å². The Morgan fingerprint density at radius 2 is 1.90 bits per heavy atom. The summed E-state index contributed by atoms with van der Waals surface area (Å²) in [5, 5.41) is 22.3. The molecule has 0 saturated heterocycles. The van der Waals surface area contributed by atoms with E-state index in [2.05, 4.69) is 5.32 Å². The van der Waals surface area contributed by atoms with Gasteiger partial charge in [0.2, 0.25) is 0 Å². The maximum Gasteiger partial charge on any atom is 0.175 e. The lowest BCUT2D eigenvalue weighted by Crippen LogP contribution is -2.28. The van der Waals surface area contributed by atoms with Crippen molar-refractivity contribution in [3.8, 4) is 0 Å². The molecule has 1 aliphatic rings. The molecular weight excluding hydrogens is 290 g/mol. The van der Waals surface area contributed by atoms with Crippen LogP contribution in [-0.4, -0.2) is 44.6 Å². The predicted octanol–water partition coefficient (Wildman–Crippen LogP) is 0.876. The van der Waals surface area contributed by atoms with Gasteiger partial charge in [0.05, 0.1) is 11.0 Å². The van der Waals surface area contributed by atoms with E-state index in [4.69, 9.17) is 5.11 Å². The molecule has 1 aromatic rings. The maximum absolute atomic E-state index is 11.4. The third-order valence-electron chi connectivity index (χ3n) is 4.13. The van der Waals surface area contributed by atoms with E-state index in [0.29, 0.717) is 12.1 Å². The molecule has 1 atom stereocenters. The lowest BCUT2D eigenvalue weighted by atomic mass is 10.0. The zero-order valence-corrected chi connectivity index (χ0v) is 13.1. The summed E-state index contributed by atoms with van der Waals surface area (Å²) in [6, 6.07) is 6.32. The van der Waals surface area contributed by atoms with Gasteiger partial charge in [-0.1, -0.05) is 12.1 Å². The number of hydrogen-bond donors (Lipinski definition) is 3. The molecule has 0 aliphatic heterocycles. The topological polar surface area (TPSA) is 86.6 Å². The highest BCUT2D eigenvalue weighted by Crippen LogP contribution is 2.47. The van der Waals surface area contributed by atoms with Gasteiger partial charge in [-0.05, 0) is 42.4 Å².